The highest BCUT2D eigenvalue weighted by atomic mass is 35.5. The van der Waals surface area contributed by atoms with E-state index in [9.17, 15) is 9.59 Å². The number of hydrogen-bond acceptors (Lipinski definition) is 4. The van der Waals surface area contributed by atoms with Crippen LogP contribution in [-0.4, -0.2) is 25.5 Å². The number of carbonyl (C=O) groups is 1. The Kier molecular flexibility index (Phi) is 5.14. The van der Waals surface area contributed by atoms with Crippen molar-refractivity contribution in [1.29, 1.82) is 0 Å². The molecule has 1 unspecified atom stereocenters. The van der Waals surface area contributed by atoms with Crippen LogP contribution >= 0.6 is 11.6 Å². The summed E-state index contributed by atoms with van der Waals surface area (Å²) in [5, 5.41) is 12.0. The van der Waals surface area contributed by atoms with Crippen molar-refractivity contribution >= 4 is 23.2 Å². The molecule has 0 radical (unpaired) electrons. The largest absolute Gasteiger partial charge is 0.324 e. The Labute approximate surface area is 161 Å². The Hall–Kier alpha value is -2.93. The van der Waals surface area contributed by atoms with Crippen LogP contribution in [-0.2, 0) is 4.79 Å². The normalized spacial score (nSPS) is 12.0. The monoisotopic (exact) mass is 385 g/mol. The second kappa shape index (κ2) is 7.36. The standard InChI is InChI=1S/C19H20ClN5O2/c1-11-5-6-15(10-16(11)20)21-19(27)14(4)25-18(26)8-7-17(23-25)24-13(3)9-12(2)22-24/h5-10,14H,1-4H3,(H,21,27). The third-order valence-corrected chi connectivity index (χ3v) is 4.63. The van der Waals surface area contributed by atoms with Gasteiger partial charge in [-0.05, 0) is 57.5 Å². The maximum atomic E-state index is 12.6. The van der Waals surface area contributed by atoms with Crippen molar-refractivity contribution in [2.75, 3.05) is 5.32 Å². The first-order valence-corrected chi connectivity index (χ1v) is 8.84. The van der Waals surface area contributed by atoms with Gasteiger partial charge in [-0.1, -0.05) is 17.7 Å². The van der Waals surface area contributed by atoms with Crippen molar-refractivity contribution in [3.63, 3.8) is 0 Å². The average Bonchev–Trinajstić information content (AvgIpc) is 2.96. The van der Waals surface area contributed by atoms with Gasteiger partial charge in [0, 0.05) is 22.5 Å². The molecule has 7 nitrogen and oxygen atoms in total. The number of nitrogens with one attached hydrogen (secondary N) is 1. The number of halogens is 1. The van der Waals surface area contributed by atoms with Gasteiger partial charge in [-0.25, -0.2) is 9.36 Å². The van der Waals surface area contributed by atoms with Gasteiger partial charge in [-0.3, -0.25) is 9.59 Å². The van der Waals surface area contributed by atoms with Gasteiger partial charge in [0.05, 0.1) is 5.69 Å². The molecule has 1 aromatic carbocycles. The highest BCUT2D eigenvalue weighted by molar-refractivity contribution is 6.31. The van der Waals surface area contributed by atoms with E-state index in [1.54, 1.807) is 29.8 Å². The number of anilines is 1. The lowest BCUT2D eigenvalue weighted by molar-refractivity contribution is -0.119. The van der Waals surface area contributed by atoms with Crippen LogP contribution in [0, 0.1) is 20.8 Å². The average molecular weight is 386 g/mol. The number of benzene rings is 1. The van der Waals surface area contributed by atoms with Crippen LogP contribution in [0.2, 0.25) is 5.02 Å². The van der Waals surface area contributed by atoms with Gasteiger partial charge < -0.3 is 5.32 Å². The number of aromatic nitrogens is 4. The summed E-state index contributed by atoms with van der Waals surface area (Å²) in [7, 11) is 0. The van der Waals surface area contributed by atoms with E-state index in [1.807, 2.05) is 32.9 Å². The molecule has 0 fully saturated rings. The quantitative estimate of drug-likeness (QED) is 0.747. The number of aryl methyl sites for hydroxylation is 3. The molecule has 0 aliphatic carbocycles. The summed E-state index contributed by atoms with van der Waals surface area (Å²) in [6.45, 7) is 7.27. The zero-order valence-corrected chi connectivity index (χ0v) is 16.3. The molecule has 1 N–H and O–H groups in total. The van der Waals surface area contributed by atoms with Gasteiger partial charge >= 0.3 is 0 Å². The summed E-state index contributed by atoms with van der Waals surface area (Å²) in [6, 6.07) is 9.31. The fourth-order valence-electron chi connectivity index (χ4n) is 2.69. The number of carbonyl (C=O) groups excluding carboxylic acids is 1. The highest BCUT2D eigenvalue weighted by Gasteiger charge is 2.19. The van der Waals surface area contributed by atoms with Gasteiger partial charge in [-0.15, -0.1) is 5.10 Å². The molecule has 0 saturated carbocycles. The van der Waals surface area contributed by atoms with Gasteiger partial charge in [0.15, 0.2) is 5.82 Å². The molecule has 0 aliphatic heterocycles. The lowest BCUT2D eigenvalue weighted by atomic mass is 10.2. The predicted octanol–water partition coefficient (Wildman–Crippen LogP) is 3.21. The zero-order valence-electron chi connectivity index (χ0n) is 15.5. The van der Waals surface area contributed by atoms with Crippen LogP contribution in [0.1, 0.15) is 29.9 Å². The predicted molar refractivity (Wildman–Crippen MR) is 105 cm³/mol. The Bertz CT molecular complexity index is 1070. The molecule has 2 heterocycles. The van der Waals surface area contributed by atoms with Gasteiger partial charge in [0.1, 0.15) is 6.04 Å². The van der Waals surface area contributed by atoms with Crippen LogP contribution in [0.15, 0.2) is 41.2 Å². The van der Waals surface area contributed by atoms with E-state index in [-0.39, 0.29) is 11.5 Å². The minimum Gasteiger partial charge on any atom is -0.324 e. The van der Waals surface area contributed by atoms with Crippen molar-refractivity contribution in [2.45, 2.75) is 33.7 Å². The van der Waals surface area contributed by atoms with E-state index >= 15 is 0 Å². The second-order valence-electron chi connectivity index (χ2n) is 6.44. The number of hydrogen-bond donors (Lipinski definition) is 1. The first-order valence-electron chi connectivity index (χ1n) is 8.47. The van der Waals surface area contributed by atoms with Crippen LogP contribution in [0.3, 0.4) is 0 Å². The molecule has 2 aromatic heterocycles. The smallest absolute Gasteiger partial charge is 0.267 e. The lowest BCUT2D eigenvalue weighted by Gasteiger charge is -2.15. The number of rotatable bonds is 4. The van der Waals surface area contributed by atoms with Crippen LogP contribution in [0.4, 0.5) is 5.69 Å². The van der Waals surface area contributed by atoms with Crippen molar-refractivity contribution in [2.24, 2.45) is 0 Å². The third kappa shape index (κ3) is 3.93. The van der Waals surface area contributed by atoms with E-state index in [2.05, 4.69) is 15.5 Å². The first-order chi connectivity index (χ1) is 12.8. The van der Waals surface area contributed by atoms with E-state index in [0.29, 0.717) is 16.5 Å². The summed E-state index contributed by atoms with van der Waals surface area (Å²) >= 11 is 6.10. The fraction of sp³-hybridized carbons (Fsp3) is 0.263. The summed E-state index contributed by atoms with van der Waals surface area (Å²) < 4.78 is 2.78. The summed E-state index contributed by atoms with van der Waals surface area (Å²) in [5.74, 6) is 0.105. The third-order valence-electron chi connectivity index (χ3n) is 4.22. The Morgan fingerprint density at radius 3 is 2.48 bits per heavy atom. The second-order valence-corrected chi connectivity index (χ2v) is 6.85. The van der Waals surface area contributed by atoms with Gasteiger partial charge in [0.25, 0.3) is 5.56 Å². The van der Waals surface area contributed by atoms with E-state index in [1.165, 1.54) is 6.07 Å². The minimum absolute atomic E-state index is 0.366. The number of nitrogens with zero attached hydrogens (tertiary/aromatic N) is 4. The molecule has 27 heavy (non-hydrogen) atoms. The topological polar surface area (TPSA) is 81.8 Å². The number of amides is 1. The zero-order chi connectivity index (χ0) is 19.7. The van der Waals surface area contributed by atoms with Crippen LogP contribution < -0.4 is 10.9 Å². The van der Waals surface area contributed by atoms with Crippen molar-refractivity contribution in [1.82, 2.24) is 19.6 Å². The lowest BCUT2D eigenvalue weighted by Crippen LogP contribution is -2.33. The van der Waals surface area contributed by atoms with E-state index in [0.717, 1.165) is 21.6 Å². The molecule has 0 bridgehead atoms. The summed E-state index contributed by atoms with van der Waals surface area (Å²) in [4.78, 5) is 24.9. The van der Waals surface area contributed by atoms with Gasteiger partial charge in [-0.2, -0.15) is 5.10 Å². The Balaban J connectivity index is 1.89. The summed E-state index contributed by atoms with van der Waals surface area (Å²) in [6.07, 6.45) is 0. The molecular formula is C19H20ClN5O2. The SMILES string of the molecule is Cc1cc(C)n(-c2ccc(=O)n(C(C)C(=O)Nc3ccc(C)c(Cl)c3)n2)n1. The molecule has 0 spiro atoms. The summed E-state index contributed by atoms with van der Waals surface area (Å²) in [5.41, 5.74) is 2.83. The molecular weight excluding hydrogens is 366 g/mol. The minimum atomic E-state index is -0.811. The van der Waals surface area contributed by atoms with Crippen molar-refractivity contribution in [3.05, 3.63) is 68.7 Å². The molecule has 0 saturated heterocycles. The van der Waals surface area contributed by atoms with E-state index in [4.69, 9.17) is 11.6 Å². The van der Waals surface area contributed by atoms with Crippen molar-refractivity contribution < 1.29 is 4.79 Å². The van der Waals surface area contributed by atoms with Crippen LogP contribution in [0.25, 0.3) is 5.82 Å². The van der Waals surface area contributed by atoms with E-state index < -0.39 is 6.04 Å². The molecule has 140 valence electrons. The van der Waals surface area contributed by atoms with Crippen molar-refractivity contribution in [3.8, 4) is 5.82 Å². The maximum absolute atomic E-state index is 12.6. The highest BCUT2D eigenvalue weighted by Crippen LogP contribution is 2.20. The molecule has 3 rings (SSSR count). The molecule has 1 amide bonds. The first kappa shape index (κ1) is 18.8. The maximum Gasteiger partial charge on any atom is 0.267 e. The molecule has 1 atom stereocenters. The van der Waals surface area contributed by atoms with Gasteiger partial charge in [0.2, 0.25) is 5.91 Å². The molecule has 3 aromatic rings. The fourth-order valence-corrected chi connectivity index (χ4v) is 2.88. The molecule has 0 aliphatic rings. The van der Waals surface area contributed by atoms with Crippen LogP contribution in [0.5, 0.6) is 0 Å². The Morgan fingerprint density at radius 1 is 1.11 bits per heavy atom. The Morgan fingerprint density at radius 2 is 1.85 bits per heavy atom. The molecule has 8 heteroatoms.